The summed E-state index contributed by atoms with van der Waals surface area (Å²) in [6, 6.07) is 2.53. The van der Waals surface area contributed by atoms with Gasteiger partial charge in [0.15, 0.2) is 5.78 Å². The van der Waals surface area contributed by atoms with Gasteiger partial charge in [0.25, 0.3) is 5.89 Å². The largest absolute Gasteiger partial charge is 0.472 e. The Morgan fingerprint density at radius 3 is 2.30 bits per heavy atom. The number of aromatic nitrogens is 2. The maximum absolute atomic E-state index is 14.4. The number of carbonyl (C=O) groups excluding carboxylic acids is 4. The van der Waals surface area contributed by atoms with E-state index in [1.807, 2.05) is 41.5 Å². The van der Waals surface area contributed by atoms with Crippen molar-refractivity contribution in [3.8, 4) is 5.88 Å². The van der Waals surface area contributed by atoms with Gasteiger partial charge in [0.05, 0.1) is 23.8 Å². The highest BCUT2D eigenvalue weighted by Gasteiger charge is 2.46. The molecule has 5 rings (SSSR count). The predicted molar refractivity (Wildman–Crippen MR) is 178 cm³/mol. The van der Waals surface area contributed by atoms with E-state index in [1.165, 1.54) is 6.20 Å². The Hall–Kier alpha value is -3.07. The van der Waals surface area contributed by atoms with Gasteiger partial charge in [-0.15, -0.1) is 0 Å². The van der Waals surface area contributed by atoms with Crippen LogP contribution in [0.3, 0.4) is 0 Å². The Morgan fingerprint density at radius 2 is 1.72 bits per heavy atom. The van der Waals surface area contributed by atoms with Gasteiger partial charge in [0, 0.05) is 55.7 Å². The zero-order chi connectivity index (χ0) is 34.1. The number of nitrogens with zero attached hydrogens (tertiary/aromatic N) is 3. The SMILES string of the molecule is CC(C)(C)CC(=O)C[C@H](C(=O)N1C[C@H](Oc2ccc(Cl)cn2)C[C@H]1C(=O)CC(CC1CCC1)C(=O)c1ncc(C2CC2)o1)C(C)(C)C. The summed E-state index contributed by atoms with van der Waals surface area (Å²) < 4.78 is 12.0. The van der Waals surface area contributed by atoms with Crippen LogP contribution in [-0.2, 0) is 14.4 Å². The lowest BCUT2D eigenvalue weighted by Crippen LogP contribution is -2.48. The van der Waals surface area contributed by atoms with E-state index in [4.69, 9.17) is 20.8 Å². The van der Waals surface area contributed by atoms with E-state index in [0.717, 1.165) is 37.9 Å². The van der Waals surface area contributed by atoms with E-state index >= 15 is 0 Å². The molecule has 10 heteroatoms. The van der Waals surface area contributed by atoms with Crippen LogP contribution in [0.1, 0.15) is 128 Å². The Kier molecular flexibility index (Phi) is 10.6. The summed E-state index contributed by atoms with van der Waals surface area (Å²) in [6.45, 7) is 12.1. The fourth-order valence-corrected chi connectivity index (χ4v) is 6.93. The highest BCUT2D eigenvalue weighted by atomic mass is 35.5. The van der Waals surface area contributed by atoms with Gasteiger partial charge >= 0.3 is 0 Å². The lowest BCUT2D eigenvalue weighted by atomic mass is 9.75. The number of hydrogen-bond acceptors (Lipinski definition) is 8. The summed E-state index contributed by atoms with van der Waals surface area (Å²) in [4.78, 5) is 65.9. The number of rotatable bonds is 14. The molecule has 0 N–H and O–H groups in total. The van der Waals surface area contributed by atoms with Gasteiger partial charge in [-0.05, 0) is 42.1 Å². The van der Waals surface area contributed by atoms with Gasteiger partial charge in [-0.25, -0.2) is 9.97 Å². The summed E-state index contributed by atoms with van der Waals surface area (Å²) in [6.07, 6.45) is 9.17. The molecule has 1 saturated heterocycles. The van der Waals surface area contributed by atoms with Gasteiger partial charge in [-0.1, -0.05) is 72.4 Å². The fourth-order valence-electron chi connectivity index (χ4n) is 6.81. The van der Waals surface area contributed by atoms with Gasteiger partial charge < -0.3 is 14.1 Å². The number of likely N-dealkylation sites (tertiary alicyclic amines) is 1. The van der Waals surface area contributed by atoms with Crippen LogP contribution in [0.2, 0.25) is 5.02 Å². The first-order chi connectivity index (χ1) is 22.1. The number of hydrogen-bond donors (Lipinski definition) is 0. The molecule has 1 unspecified atom stereocenters. The lowest BCUT2D eigenvalue weighted by Gasteiger charge is -2.35. The molecule has 256 valence electrons. The summed E-state index contributed by atoms with van der Waals surface area (Å²) in [5, 5.41) is 0.471. The van der Waals surface area contributed by atoms with Crippen molar-refractivity contribution < 1.29 is 28.3 Å². The van der Waals surface area contributed by atoms with Crippen molar-refractivity contribution in [1.82, 2.24) is 14.9 Å². The second kappa shape index (κ2) is 14.2. The topological polar surface area (TPSA) is 120 Å². The third-order valence-corrected chi connectivity index (χ3v) is 10.0. The van der Waals surface area contributed by atoms with E-state index in [-0.39, 0.29) is 60.4 Å². The minimum absolute atomic E-state index is 0.0139. The van der Waals surface area contributed by atoms with Crippen LogP contribution in [0.25, 0.3) is 0 Å². The molecule has 1 aliphatic heterocycles. The summed E-state index contributed by atoms with van der Waals surface area (Å²) in [7, 11) is 0. The molecule has 3 heterocycles. The smallest absolute Gasteiger partial charge is 0.263 e. The maximum atomic E-state index is 14.4. The number of pyridine rings is 1. The van der Waals surface area contributed by atoms with E-state index < -0.39 is 29.4 Å². The minimum atomic E-state index is -0.800. The number of carbonyl (C=O) groups is 4. The highest BCUT2D eigenvalue weighted by molar-refractivity contribution is 6.30. The third-order valence-electron chi connectivity index (χ3n) is 9.78. The number of amides is 1. The molecule has 47 heavy (non-hydrogen) atoms. The molecule has 0 radical (unpaired) electrons. The predicted octanol–water partition coefficient (Wildman–Crippen LogP) is 7.65. The van der Waals surface area contributed by atoms with Crippen molar-refractivity contribution in [3.05, 3.63) is 41.2 Å². The average Bonchev–Trinajstić information content (AvgIpc) is 3.53. The molecule has 4 atom stereocenters. The molecule has 9 nitrogen and oxygen atoms in total. The molecule has 0 spiro atoms. The molecule has 3 aliphatic rings. The van der Waals surface area contributed by atoms with Gasteiger partial charge in [-0.2, -0.15) is 0 Å². The van der Waals surface area contributed by atoms with Crippen LogP contribution < -0.4 is 4.74 Å². The number of ketones is 3. The normalized spacial score (nSPS) is 21.6. The summed E-state index contributed by atoms with van der Waals surface area (Å²) >= 11 is 6.02. The molecule has 0 aromatic carbocycles. The Bertz CT molecular complexity index is 1450. The van der Waals surface area contributed by atoms with Crippen LogP contribution in [-0.4, -0.2) is 56.8 Å². The van der Waals surface area contributed by atoms with Gasteiger partial charge in [0.1, 0.15) is 17.6 Å². The van der Waals surface area contributed by atoms with Crippen molar-refractivity contribution in [2.75, 3.05) is 6.54 Å². The molecule has 1 amide bonds. The first-order valence-corrected chi connectivity index (χ1v) is 17.6. The molecule has 2 aliphatic carbocycles. The number of oxazole rings is 1. The van der Waals surface area contributed by atoms with Crippen LogP contribution in [0.5, 0.6) is 5.88 Å². The molecular weight excluding hydrogens is 618 g/mol. The van der Waals surface area contributed by atoms with Crippen molar-refractivity contribution in [2.45, 2.75) is 124 Å². The second-order valence-corrected chi connectivity index (χ2v) is 16.7. The Morgan fingerprint density at radius 1 is 1.00 bits per heavy atom. The van der Waals surface area contributed by atoms with Crippen LogP contribution in [0.4, 0.5) is 0 Å². The molecule has 3 fully saturated rings. The number of ether oxygens (including phenoxy) is 1. The number of Topliss-reactive ketones (excluding diaryl/α,β-unsaturated/α-hetero) is 3. The molecule has 0 bridgehead atoms. The van der Waals surface area contributed by atoms with Gasteiger partial charge in [0.2, 0.25) is 17.6 Å². The fraction of sp³-hybridized carbons (Fsp3) is 0.676. The maximum Gasteiger partial charge on any atom is 0.263 e. The first kappa shape index (κ1) is 35.2. The highest BCUT2D eigenvalue weighted by Crippen LogP contribution is 2.41. The van der Waals surface area contributed by atoms with Crippen molar-refractivity contribution in [1.29, 1.82) is 0 Å². The molecule has 2 aromatic rings. The average molecular weight is 668 g/mol. The van der Waals surface area contributed by atoms with Crippen molar-refractivity contribution >= 4 is 34.9 Å². The van der Waals surface area contributed by atoms with E-state index in [9.17, 15) is 19.2 Å². The zero-order valence-electron chi connectivity index (χ0n) is 28.7. The second-order valence-electron chi connectivity index (χ2n) is 16.3. The molecule has 2 saturated carbocycles. The van der Waals surface area contributed by atoms with Crippen LogP contribution >= 0.6 is 11.6 Å². The van der Waals surface area contributed by atoms with Crippen LogP contribution in [0, 0.1) is 28.6 Å². The molecular formula is C37H50ClN3O6. The summed E-state index contributed by atoms with van der Waals surface area (Å²) in [5.41, 5.74) is -0.731. The zero-order valence-corrected chi connectivity index (χ0v) is 29.5. The Balaban J connectivity index is 1.38. The first-order valence-electron chi connectivity index (χ1n) is 17.2. The molecule has 2 aromatic heterocycles. The van der Waals surface area contributed by atoms with E-state index in [2.05, 4.69) is 9.97 Å². The minimum Gasteiger partial charge on any atom is -0.472 e. The van der Waals surface area contributed by atoms with Crippen LogP contribution in [0.15, 0.2) is 28.9 Å². The third kappa shape index (κ3) is 9.30. The standard InChI is InChI=1S/C37H50ClN3O6/c1-36(2,3)18-26(42)16-28(37(4,5)6)35(45)41-21-27(46-32-13-12-25(38)19-39-32)17-29(41)30(43)15-24(14-22-8-7-9-22)33(44)34-40-20-31(47-34)23-10-11-23/h12-13,19-20,22-24,27-29H,7-11,14-18,21H2,1-6H3/t24?,27-,28-,29+/m1/s1. The quantitative estimate of drug-likeness (QED) is 0.188. The van der Waals surface area contributed by atoms with Crippen molar-refractivity contribution in [2.24, 2.45) is 28.6 Å². The Labute approximate surface area is 283 Å². The van der Waals surface area contributed by atoms with Crippen molar-refractivity contribution in [3.63, 3.8) is 0 Å². The summed E-state index contributed by atoms with van der Waals surface area (Å²) in [5.74, 6) is 0.00463. The van der Waals surface area contributed by atoms with E-state index in [1.54, 1.807) is 23.2 Å². The van der Waals surface area contributed by atoms with Gasteiger partial charge in [-0.3, -0.25) is 19.2 Å². The monoisotopic (exact) mass is 667 g/mol. The number of halogens is 1. The lowest BCUT2D eigenvalue weighted by molar-refractivity contribution is -0.146. The van der Waals surface area contributed by atoms with E-state index in [0.29, 0.717) is 35.6 Å².